The van der Waals surface area contributed by atoms with E-state index in [1.807, 2.05) is 23.1 Å². The molecule has 31 heavy (non-hydrogen) atoms. The fourth-order valence-corrected chi connectivity index (χ4v) is 5.28. The summed E-state index contributed by atoms with van der Waals surface area (Å²) in [6, 6.07) is 7.10. The Hall–Kier alpha value is -2.36. The van der Waals surface area contributed by atoms with Crippen molar-refractivity contribution in [2.24, 2.45) is 4.99 Å². The topological polar surface area (TPSA) is 60.5 Å². The van der Waals surface area contributed by atoms with E-state index >= 15 is 0 Å². The van der Waals surface area contributed by atoms with Crippen LogP contribution < -0.4 is 4.80 Å². The normalized spacial score (nSPS) is 21.2. The highest BCUT2D eigenvalue weighted by atomic mass is 32.1. The van der Waals surface area contributed by atoms with Crippen LogP contribution in [-0.2, 0) is 11.3 Å². The number of likely N-dealkylation sites (tertiary alicyclic amines) is 1. The molecule has 2 aromatic heterocycles. The first-order valence-electron chi connectivity index (χ1n) is 10.9. The van der Waals surface area contributed by atoms with Gasteiger partial charge in [-0.3, -0.25) is 14.5 Å². The number of nitrogens with zero attached hydrogens (tertiary/aromatic N) is 6. The minimum Gasteiger partial charge on any atom is -0.376 e. The van der Waals surface area contributed by atoms with Gasteiger partial charge in [-0.15, -0.1) is 11.3 Å². The van der Waals surface area contributed by atoms with Crippen LogP contribution in [0, 0.1) is 5.82 Å². The zero-order valence-corrected chi connectivity index (χ0v) is 18.3. The lowest BCUT2D eigenvalue weighted by Gasteiger charge is -2.31. The van der Waals surface area contributed by atoms with Gasteiger partial charge in [0.05, 0.1) is 18.7 Å². The van der Waals surface area contributed by atoms with Crippen molar-refractivity contribution < 1.29 is 9.13 Å². The number of benzene rings is 1. The van der Waals surface area contributed by atoms with Crippen LogP contribution in [0.25, 0.3) is 5.69 Å². The molecule has 2 aliphatic heterocycles. The molecule has 0 spiro atoms. The Morgan fingerprint density at radius 1 is 1.16 bits per heavy atom. The number of thiazole rings is 1. The van der Waals surface area contributed by atoms with Gasteiger partial charge in [-0.05, 0) is 49.9 Å². The Kier molecular flexibility index (Phi) is 6.24. The maximum Gasteiger partial charge on any atom is 0.189 e. The predicted octanol–water partition coefficient (Wildman–Crippen LogP) is 3.19. The molecule has 0 N–H and O–H groups in total. The summed E-state index contributed by atoms with van der Waals surface area (Å²) in [6.45, 7) is 4.36. The van der Waals surface area contributed by atoms with Gasteiger partial charge in [-0.25, -0.2) is 14.1 Å². The van der Waals surface area contributed by atoms with E-state index in [-0.39, 0.29) is 11.9 Å². The van der Waals surface area contributed by atoms with E-state index in [0.717, 1.165) is 62.4 Å². The number of aromatic nitrogens is 4. The highest BCUT2D eigenvalue weighted by Gasteiger charge is 2.22. The number of hydrogen-bond donors (Lipinski definition) is 0. The third-order valence-corrected chi connectivity index (χ3v) is 6.98. The third kappa shape index (κ3) is 4.78. The fourth-order valence-electron chi connectivity index (χ4n) is 4.38. The van der Waals surface area contributed by atoms with E-state index in [9.17, 15) is 4.39 Å². The summed E-state index contributed by atoms with van der Waals surface area (Å²) in [5.41, 5.74) is 2.13. The summed E-state index contributed by atoms with van der Waals surface area (Å²) in [5.74, 6) is -0.228. The molecule has 2 fully saturated rings. The maximum absolute atomic E-state index is 13.5. The first-order chi connectivity index (χ1) is 15.3. The molecule has 0 radical (unpaired) electrons. The van der Waals surface area contributed by atoms with Gasteiger partial charge in [-0.1, -0.05) is 0 Å². The lowest BCUT2D eigenvalue weighted by molar-refractivity contribution is 0.117. The second kappa shape index (κ2) is 9.42. The Balaban J connectivity index is 1.35. The highest BCUT2D eigenvalue weighted by molar-refractivity contribution is 7.07. The SMILES string of the molecule is Fc1ccc(-n2c(CN3CCC(n4cncn4)CC3)csc2=NC[C@@H]2CCCO2)cc1. The van der Waals surface area contributed by atoms with Gasteiger partial charge in [0.1, 0.15) is 18.5 Å². The number of piperidine rings is 1. The molecule has 2 saturated heterocycles. The zero-order chi connectivity index (χ0) is 21.0. The van der Waals surface area contributed by atoms with Crippen molar-refractivity contribution in [2.45, 2.75) is 44.4 Å². The summed E-state index contributed by atoms with van der Waals surface area (Å²) < 4.78 is 23.4. The van der Waals surface area contributed by atoms with E-state index in [1.54, 1.807) is 17.7 Å². The molecule has 9 heteroatoms. The molecule has 5 rings (SSSR count). The lowest BCUT2D eigenvalue weighted by Crippen LogP contribution is -2.35. The number of hydrogen-bond acceptors (Lipinski definition) is 6. The van der Waals surface area contributed by atoms with E-state index in [2.05, 4.69) is 24.9 Å². The minimum atomic E-state index is -0.228. The Morgan fingerprint density at radius 2 is 2.00 bits per heavy atom. The first kappa shape index (κ1) is 20.5. The third-order valence-electron chi connectivity index (χ3n) is 6.07. The maximum atomic E-state index is 13.5. The summed E-state index contributed by atoms with van der Waals surface area (Å²) in [6.07, 6.45) is 7.91. The van der Waals surface area contributed by atoms with Crippen LogP contribution in [0.15, 0.2) is 47.3 Å². The quantitative estimate of drug-likeness (QED) is 0.588. The molecular weight excluding hydrogens is 415 g/mol. The average Bonchev–Trinajstić information content (AvgIpc) is 3.56. The Morgan fingerprint density at radius 3 is 2.71 bits per heavy atom. The van der Waals surface area contributed by atoms with Gasteiger partial charge >= 0.3 is 0 Å². The molecule has 7 nitrogen and oxygen atoms in total. The Labute approximate surface area is 184 Å². The molecule has 0 bridgehead atoms. The molecule has 0 aliphatic carbocycles. The van der Waals surface area contributed by atoms with Crippen LogP contribution in [0.2, 0.25) is 0 Å². The smallest absolute Gasteiger partial charge is 0.189 e. The lowest BCUT2D eigenvalue weighted by atomic mass is 10.1. The second-order valence-corrected chi connectivity index (χ2v) is 9.02. The largest absolute Gasteiger partial charge is 0.376 e. The monoisotopic (exact) mass is 442 g/mol. The van der Waals surface area contributed by atoms with Gasteiger partial charge < -0.3 is 4.74 Å². The number of rotatable bonds is 6. The molecule has 1 aromatic carbocycles. The van der Waals surface area contributed by atoms with Gasteiger partial charge in [0, 0.05) is 43.0 Å². The van der Waals surface area contributed by atoms with Gasteiger partial charge in [0.15, 0.2) is 4.80 Å². The standard InChI is InChI=1S/C22H27FN6OS/c23-17-3-5-19(6-4-17)29-20(14-31-22(29)25-12-21-2-1-11-30-21)13-27-9-7-18(8-10-27)28-16-24-15-26-28/h3-6,14-16,18,21H,1-2,7-13H2/t21-/m0/s1. The molecule has 1 atom stereocenters. The van der Waals surface area contributed by atoms with Crippen molar-refractivity contribution in [3.63, 3.8) is 0 Å². The second-order valence-electron chi connectivity index (χ2n) is 8.18. The van der Waals surface area contributed by atoms with E-state index in [1.165, 1.54) is 17.8 Å². The highest BCUT2D eigenvalue weighted by Crippen LogP contribution is 2.23. The van der Waals surface area contributed by atoms with Gasteiger partial charge in [0.2, 0.25) is 0 Å². The van der Waals surface area contributed by atoms with Crippen LogP contribution in [-0.4, -0.2) is 56.6 Å². The first-order valence-corrected chi connectivity index (χ1v) is 11.8. The molecule has 2 aliphatic rings. The molecule has 0 unspecified atom stereocenters. The number of halogens is 1. The molecular formula is C22H27FN6OS. The summed E-state index contributed by atoms with van der Waals surface area (Å²) >= 11 is 1.64. The molecule has 0 saturated carbocycles. The molecule has 4 heterocycles. The fraction of sp³-hybridized carbons (Fsp3) is 0.500. The Bertz CT molecular complexity index is 1030. The molecule has 164 valence electrons. The van der Waals surface area contributed by atoms with Crippen molar-refractivity contribution in [2.75, 3.05) is 26.2 Å². The molecule has 3 aromatic rings. The van der Waals surface area contributed by atoms with Crippen molar-refractivity contribution in [1.82, 2.24) is 24.2 Å². The van der Waals surface area contributed by atoms with Crippen LogP contribution in [0.3, 0.4) is 0 Å². The zero-order valence-electron chi connectivity index (χ0n) is 17.4. The van der Waals surface area contributed by atoms with Crippen LogP contribution in [0.1, 0.15) is 37.4 Å². The summed E-state index contributed by atoms with van der Waals surface area (Å²) in [5, 5.41) is 6.48. The minimum absolute atomic E-state index is 0.211. The van der Waals surface area contributed by atoms with Crippen molar-refractivity contribution in [3.05, 3.63) is 58.6 Å². The summed E-state index contributed by atoms with van der Waals surface area (Å²) in [7, 11) is 0. The van der Waals surface area contributed by atoms with Gasteiger partial charge in [-0.2, -0.15) is 5.10 Å². The van der Waals surface area contributed by atoms with Crippen molar-refractivity contribution in [1.29, 1.82) is 0 Å². The van der Waals surface area contributed by atoms with Crippen molar-refractivity contribution >= 4 is 11.3 Å². The average molecular weight is 443 g/mol. The molecule has 0 amide bonds. The van der Waals surface area contributed by atoms with Crippen LogP contribution >= 0.6 is 11.3 Å². The van der Waals surface area contributed by atoms with E-state index in [0.29, 0.717) is 12.6 Å². The summed E-state index contributed by atoms with van der Waals surface area (Å²) in [4.78, 5) is 12.4. The predicted molar refractivity (Wildman–Crippen MR) is 117 cm³/mol. The van der Waals surface area contributed by atoms with E-state index < -0.39 is 0 Å². The van der Waals surface area contributed by atoms with Crippen molar-refractivity contribution in [3.8, 4) is 5.69 Å². The van der Waals surface area contributed by atoms with Crippen LogP contribution in [0.5, 0.6) is 0 Å². The van der Waals surface area contributed by atoms with Crippen LogP contribution in [0.4, 0.5) is 4.39 Å². The number of ether oxygens (including phenoxy) is 1. The van der Waals surface area contributed by atoms with E-state index in [4.69, 9.17) is 9.73 Å². The van der Waals surface area contributed by atoms with Gasteiger partial charge in [0.25, 0.3) is 0 Å².